The van der Waals surface area contributed by atoms with Crippen molar-refractivity contribution in [2.45, 2.75) is 12.5 Å². The molecule has 0 aliphatic rings. The Labute approximate surface area is 107 Å². The molecule has 3 nitrogen and oxygen atoms in total. The van der Waals surface area contributed by atoms with Crippen molar-refractivity contribution in [1.29, 1.82) is 0 Å². The van der Waals surface area contributed by atoms with Crippen LogP contribution in [-0.2, 0) is 13.5 Å². The molecule has 1 N–H and O–H groups in total. The van der Waals surface area contributed by atoms with Crippen LogP contribution in [0, 0.1) is 5.82 Å². The first-order valence-electron chi connectivity index (χ1n) is 5.16. The normalized spacial score (nSPS) is 12.7. The fourth-order valence-electron chi connectivity index (χ4n) is 1.61. The molecule has 0 saturated heterocycles. The van der Waals surface area contributed by atoms with Crippen LogP contribution in [0.1, 0.15) is 17.4 Å². The molecule has 0 amide bonds. The molecule has 0 aliphatic carbocycles. The lowest BCUT2D eigenvalue weighted by Gasteiger charge is -2.08. The fraction of sp³-hybridized carbons (Fsp3) is 0.250. The summed E-state index contributed by atoms with van der Waals surface area (Å²) in [4.78, 5) is 4.04. The van der Waals surface area contributed by atoms with Crippen LogP contribution in [0.4, 0.5) is 4.39 Å². The zero-order chi connectivity index (χ0) is 12.4. The van der Waals surface area contributed by atoms with Gasteiger partial charge < -0.3 is 9.67 Å². The number of aliphatic hydroxyl groups excluding tert-OH is 1. The van der Waals surface area contributed by atoms with Crippen molar-refractivity contribution >= 4 is 15.9 Å². The minimum atomic E-state index is -0.785. The van der Waals surface area contributed by atoms with E-state index in [2.05, 4.69) is 20.9 Å². The molecule has 5 heteroatoms. The van der Waals surface area contributed by atoms with Gasteiger partial charge in [-0.2, -0.15) is 0 Å². The van der Waals surface area contributed by atoms with Gasteiger partial charge in [0.1, 0.15) is 11.9 Å². The average molecular weight is 299 g/mol. The number of hydrogen-bond acceptors (Lipinski definition) is 2. The summed E-state index contributed by atoms with van der Waals surface area (Å²) in [6.45, 7) is 0. The number of aromatic nitrogens is 2. The zero-order valence-corrected chi connectivity index (χ0v) is 10.9. The largest absolute Gasteiger partial charge is 0.386 e. The number of hydrogen-bond donors (Lipinski definition) is 1. The van der Waals surface area contributed by atoms with Crippen LogP contribution in [0.15, 0.2) is 35.2 Å². The molecule has 1 unspecified atom stereocenters. The van der Waals surface area contributed by atoms with Crippen molar-refractivity contribution in [2.75, 3.05) is 0 Å². The summed E-state index contributed by atoms with van der Waals surface area (Å²) in [5.74, 6) is -0.325. The summed E-state index contributed by atoms with van der Waals surface area (Å²) in [5.41, 5.74) is 1.03. The topological polar surface area (TPSA) is 38.0 Å². The van der Waals surface area contributed by atoms with Crippen molar-refractivity contribution < 1.29 is 9.50 Å². The lowest BCUT2D eigenvalue weighted by atomic mass is 10.1. The molecule has 1 aromatic heterocycles. The van der Waals surface area contributed by atoms with Crippen molar-refractivity contribution in [3.8, 4) is 0 Å². The molecule has 0 aliphatic heterocycles. The van der Waals surface area contributed by atoms with Gasteiger partial charge in [-0.25, -0.2) is 9.37 Å². The van der Waals surface area contributed by atoms with E-state index in [9.17, 15) is 9.50 Å². The molecule has 17 heavy (non-hydrogen) atoms. The van der Waals surface area contributed by atoms with Gasteiger partial charge in [-0.15, -0.1) is 0 Å². The molecule has 1 heterocycles. The van der Waals surface area contributed by atoms with Gasteiger partial charge in [0, 0.05) is 24.1 Å². The number of benzene rings is 1. The van der Waals surface area contributed by atoms with E-state index in [-0.39, 0.29) is 12.2 Å². The molecule has 2 aromatic rings. The number of aryl methyl sites for hydroxylation is 1. The third-order valence-corrected chi connectivity index (χ3v) is 2.99. The van der Waals surface area contributed by atoms with E-state index in [1.54, 1.807) is 29.2 Å². The highest BCUT2D eigenvalue weighted by Gasteiger charge is 2.13. The van der Waals surface area contributed by atoms with Gasteiger partial charge in [-0.1, -0.05) is 22.0 Å². The Kier molecular flexibility index (Phi) is 3.59. The molecule has 0 spiro atoms. The molecular formula is C12H12BrFN2O. The Bertz CT molecular complexity index is 527. The monoisotopic (exact) mass is 298 g/mol. The Morgan fingerprint density at radius 1 is 1.53 bits per heavy atom. The third kappa shape index (κ3) is 2.92. The summed E-state index contributed by atoms with van der Waals surface area (Å²) in [6.07, 6.45) is 2.76. The first kappa shape index (κ1) is 12.3. The van der Waals surface area contributed by atoms with Crippen LogP contribution in [0.5, 0.6) is 0 Å². The third-order valence-electron chi connectivity index (χ3n) is 2.49. The summed E-state index contributed by atoms with van der Waals surface area (Å²) in [6, 6.07) is 4.80. The van der Waals surface area contributed by atoms with Gasteiger partial charge in [-0.3, -0.25) is 0 Å². The SMILES string of the molecule is Cn1cnc(C(O)Cc2ccc(Br)cc2F)c1. The predicted octanol–water partition coefficient (Wildman–Crippen LogP) is 2.60. The first-order chi connectivity index (χ1) is 8.06. The zero-order valence-electron chi connectivity index (χ0n) is 9.27. The highest BCUT2D eigenvalue weighted by molar-refractivity contribution is 9.10. The van der Waals surface area contributed by atoms with Crippen LogP contribution in [-0.4, -0.2) is 14.7 Å². The molecule has 1 aromatic carbocycles. The van der Waals surface area contributed by atoms with Crippen molar-refractivity contribution in [3.05, 3.63) is 52.3 Å². The number of rotatable bonds is 3. The van der Waals surface area contributed by atoms with Gasteiger partial charge >= 0.3 is 0 Å². The Morgan fingerprint density at radius 2 is 2.29 bits per heavy atom. The highest BCUT2D eigenvalue weighted by Crippen LogP contribution is 2.21. The van der Waals surface area contributed by atoms with E-state index >= 15 is 0 Å². The van der Waals surface area contributed by atoms with E-state index in [0.29, 0.717) is 15.7 Å². The lowest BCUT2D eigenvalue weighted by molar-refractivity contribution is 0.172. The van der Waals surface area contributed by atoms with Gasteiger partial charge in [0.2, 0.25) is 0 Å². The number of aliphatic hydroxyl groups is 1. The van der Waals surface area contributed by atoms with E-state index in [1.807, 2.05) is 7.05 Å². The number of halogens is 2. The van der Waals surface area contributed by atoms with Gasteiger partial charge in [0.25, 0.3) is 0 Å². The average Bonchev–Trinajstić information content (AvgIpc) is 2.69. The van der Waals surface area contributed by atoms with Gasteiger partial charge in [-0.05, 0) is 17.7 Å². The second-order valence-electron chi connectivity index (χ2n) is 3.92. The van der Waals surface area contributed by atoms with Crippen molar-refractivity contribution in [1.82, 2.24) is 9.55 Å². The lowest BCUT2D eigenvalue weighted by Crippen LogP contribution is -2.04. The van der Waals surface area contributed by atoms with Crippen LogP contribution < -0.4 is 0 Å². The minimum absolute atomic E-state index is 0.218. The molecule has 1 atom stereocenters. The van der Waals surface area contributed by atoms with Gasteiger partial charge in [0.15, 0.2) is 0 Å². The molecule has 90 valence electrons. The highest BCUT2D eigenvalue weighted by atomic mass is 79.9. The molecular weight excluding hydrogens is 287 g/mol. The van der Waals surface area contributed by atoms with Crippen molar-refractivity contribution in [2.24, 2.45) is 7.05 Å². The van der Waals surface area contributed by atoms with E-state index < -0.39 is 6.10 Å². The quantitative estimate of drug-likeness (QED) is 0.946. The second kappa shape index (κ2) is 4.98. The van der Waals surface area contributed by atoms with E-state index in [1.165, 1.54) is 6.07 Å². The van der Waals surface area contributed by atoms with Crippen LogP contribution >= 0.6 is 15.9 Å². The Balaban J connectivity index is 2.15. The summed E-state index contributed by atoms with van der Waals surface area (Å²) in [5, 5.41) is 9.93. The molecule has 2 rings (SSSR count). The van der Waals surface area contributed by atoms with Crippen LogP contribution in [0.3, 0.4) is 0 Å². The fourth-order valence-corrected chi connectivity index (χ4v) is 1.94. The van der Waals surface area contributed by atoms with Gasteiger partial charge in [0.05, 0.1) is 12.0 Å². The Morgan fingerprint density at radius 3 is 2.88 bits per heavy atom. The minimum Gasteiger partial charge on any atom is -0.386 e. The maximum absolute atomic E-state index is 13.6. The number of imidazole rings is 1. The van der Waals surface area contributed by atoms with E-state index in [0.717, 1.165) is 0 Å². The maximum atomic E-state index is 13.6. The second-order valence-corrected chi connectivity index (χ2v) is 4.84. The first-order valence-corrected chi connectivity index (χ1v) is 5.95. The molecule has 0 bridgehead atoms. The summed E-state index contributed by atoms with van der Waals surface area (Å²) >= 11 is 3.19. The smallest absolute Gasteiger partial charge is 0.127 e. The molecule has 0 radical (unpaired) electrons. The van der Waals surface area contributed by atoms with Crippen LogP contribution in [0.2, 0.25) is 0 Å². The summed E-state index contributed by atoms with van der Waals surface area (Å²) < 4.78 is 16.0. The standard InChI is InChI=1S/C12H12BrFN2O/c1-16-6-11(15-7-16)12(17)4-8-2-3-9(13)5-10(8)14/h2-3,5-7,12,17H,4H2,1H3. The summed E-state index contributed by atoms with van der Waals surface area (Å²) in [7, 11) is 1.82. The van der Waals surface area contributed by atoms with Crippen LogP contribution in [0.25, 0.3) is 0 Å². The Hall–Kier alpha value is -1.20. The van der Waals surface area contributed by atoms with E-state index in [4.69, 9.17) is 0 Å². The molecule has 0 fully saturated rings. The predicted molar refractivity (Wildman–Crippen MR) is 66.0 cm³/mol. The molecule has 0 saturated carbocycles. The maximum Gasteiger partial charge on any atom is 0.127 e. The number of nitrogens with zero attached hydrogens (tertiary/aromatic N) is 2. The van der Waals surface area contributed by atoms with Crippen molar-refractivity contribution in [3.63, 3.8) is 0 Å².